The summed E-state index contributed by atoms with van der Waals surface area (Å²) in [6.45, 7) is 3.78. The molecule has 0 radical (unpaired) electrons. The van der Waals surface area contributed by atoms with E-state index in [1.807, 2.05) is 0 Å². The molecular formula is C45H80O11. The fourth-order valence-corrected chi connectivity index (χ4v) is 6.73. The van der Waals surface area contributed by atoms with Crippen LogP contribution in [-0.4, -0.2) is 88.4 Å². The van der Waals surface area contributed by atoms with Gasteiger partial charge >= 0.3 is 17.9 Å². The number of rotatable bonds is 37. The number of allylic oxidation sites excluding steroid dienone is 4. The van der Waals surface area contributed by atoms with Crippen LogP contribution in [0.1, 0.15) is 194 Å². The summed E-state index contributed by atoms with van der Waals surface area (Å²) >= 11 is 0. The second-order valence-electron chi connectivity index (χ2n) is 15.5. The van der Waals surface area contributed by atoms with Crippen LogP contribution >= 0.6 is 0 Å². The van der Waals surface area contributed by atoms with Crippen LogP contribution in [0.15, 0.2) is 24.3 Å². The van der Waals surface area contributed by atoms with Gasteiger partial charge in [0.05, 0.1) is 6.61 Å². The number of aliphatic hydroxyl groups is 3. The Balaban J connectivity index is 2.37. The summed E-state index contributed by atoms with van der Waals surface area (Å²) in [7, 11) is 0. The molecule has 0 aromatic heterocycles. The van der Waals surface area contributed by atoms with Gasteiger partial charge in [0.1, 0.15) is 24.9 Å². The first-order chi connectivity index (χ1) is 27.2. The average molecular weight is 797 g/mol. The molecule has 56 heavy (non-hydrogen) atoms. The topological polar surface area (TPSA) is 169 Å². The van der Waals surface area contributed by atoms with Gasteiger partial charge in [-0.05, 0) is 44.9 Å². The quantitative estimate of drug-likeness (QED) is 0.0268. The van der Waals surface area contributed by atoms with Gasteiger partial charge in [-0.1, -0.05) is 160 Å². The summed E-state index contributed by atoms with van der Waals surface area (Å²) in [4.78, 5) is 36.8. The molecule has 0 amide bonds. The van der Waals surface area contributed by atoms with Crippen LogP contribution in [0, 0.1) is 0 Å². The Kier molecular flexibility index (Phi) is 33.1. The first-order valence-corrected chi connectivity index (χ1v) is 22.4. The number of hydrogen-bond acceptors (Lipinski definition) is 10. The Morgan fingerprint density at radius 3 is 1.52 bits per heavy atom. The number of aliphatic hydroxyl groups excluding tert-OH is 3. The molecule has 1 rings (SSSR count). The van der Waals surface area contributed by atoms with Crippen molar-refractivity contribution in [3.8, 4) is 0 Å². The minimum absolute atomic E-state index is 0.185. The number of carbonyl (C=O) groups is 3. The van der Waals surface area contributed by atoms with Gasteiger partial charge in [0.15, 0.2) is 18.5 Å². The Morgan fingerprint density at radius 1 is 0.554 bits per heavy atom. The van der Waals surface area contributed by atoms with Crippen LogP contribution in [-0.2, 0) is 33.3 Å². The molecule has 1 heterocycles. The molecule has 6 atom stereocenters. The zero-order valence-corrected chi connectivity index (χ0v) is 35.1. The normalized spacial score (nSPS) is 20.5. The van der Waals surface area contributed by atoms with Gasteiger partial charge < -0.3 is 39.4 Å². The summed E-state index contributed by atoms with van der Waals surface area (Å²) in [5.41, 5.74) is 0. The lowest BCUT2D eigenvalue weighted by Gasteiger charge is -2.38. The van der Waals surface area contributed by atoms with Crippen molar-refractivity contribution in [1.29, 1.82) is 0 Å². The Morgan fingerprint density at radius 2 is 1.00 bits per heavy atom. The number of ether oxygens (including phenoxy) is 4. The molecule has 0 aromatic carbocycles. The summed E-state index contributed by atoms with van der Waals surface area (Å²) < 4.78 is 21.7. The zero-order valence-electron chi connectivity index (χ0n) is 35.1. The van der Waals surface area contributed by atoms with Crippen molar-refractivity contribution >= 4 is 17.9 Å². The van der Waals surface area contributed by atoms with E-state index in [4.69, 9.17) is 18.9 Å². The van der Waals surface area contributed by atoms with Crippen molar-refractivity contribution in [1.82, 2.24) is 0 Å². The first kappa shape index (κ1) is 51.7. The number of aliphatic carboxylic acids is 1. The molecule has 0 spiro atoms. The smallest absolute Gasteiger partial charge is 0.335 e. The molecule has 326 valence electrons. The van der Waals surface area contributed by atoms with E-state index in [9.17, 15) is 34.8 Å². The van der Waals surface area contributed by atoms with Crippen molar-refractivity contribution in [3.05, 3.63) is 24.3 Å². The van der Waals surface area contributed by atoms with Gasteiger partial charge in [-0.3, -0.25) is 9.59 Å². The van der Waals surface area contributed by atoms with Crippen molar-refractivity contribution in [2.75, 3.05) is 13.2 Å². The highest BCUT2D eigenvalue weighted by molar-refractivity contribution is 5.73. The fraction of sp³-hybridized carbons (Fsp3) is 0.844. The van der Waals surface area contributed by atoms with E-state index in [2.05, 4.69) is 38.2 Å². The third-order valence-corrected chi connectivity index (χ3v) is 10.3. The van der Waals surface area contributed by atoms with Crippen molar-refractivity contribution < 1.29 is 53.8 Å². The van der Waals surface area contributed by atoms with Crippen LogP contribution in [0.2, 0.25) is 0 Å². The number of carbonyl (C=O) groups excluding carboxylic acids is 2. The summed E-state index contributed by atoms with van der Waals surface area (Å²) in [5, 5.41) is 39.8. The highest BCUT2D eigenvalue weighted by Gasteiger charge is 2.47. The Hall–Kier alpha value is -2.31. The molecule has 0 bridgehead atoms. The number of carboxylic acids is 1. The van der Waals surface area contributed by atoms with Gasteiger partial charge in [0.2, 0.25) is 0 Å². The van der Waals surface area contributed by atoms with Crippen molar-refractivity contribution in [3.63, 3.8) is 0 Å². The standard InChI is InChI=1S/C45H80O11/c1-3-5-7-9-11-13-15-17-18-19-20-22-23-25-27-29-31-33-38(46)53-35-37(36-54-45-42(50)40(48)41(49)43(56-45)44(51)52)55-39(47)34-32-30-28-26-24-21-16-14-12-10-8-6-4-2/h11,13,17-18,37,40-43,45,48-50H,3-10,12,14-16,19-36H2,1-2H3,(H,51,52)/b13-11-,18-17-. The predicted octanol–water partition coefficient (Wildman–Crippen LogP) is 9.43. The van der Waals surface area contributed by atoms with Gasteiger partial charge in [0.25, 0.3) is 0 Å². The van der Waals surface area contributed by atoms with Crippen molar-refractivity contribution in [2.45, 2.75) is 230 Å². The number of esters is 2. The van der Waals surface area contributed by atoms with Gasteiger partial charge in [-0.15, -0.1) is 0 Å². The van der Waals surface area contributed by atoms with Crippen LogP contribution in [0.25, 0.3) is 0 Å². The summed E-state index contributed by atoms with van der Waals surface area (Å²) in [5.74, 6) is -2.45. The average Bonchev–Trinajstić information content (AvgIpc) is 3.18. The predicted molar refractivity (Wildman–Crippen MR) is 220 cm³/mol. The molecule has 4 N–H and O–H groups in total. The lowest BCUT2D eigenvalue weighted by molar-refractivity contribution is -0.298. The SMILES string of the molecule is CCCCC/C=C\C/C=C\CCCCCCCCCC(=O)OCC(COC1OC(C(=O)O)C(O)C(O)C1O)OC(=O)CCCCCCCCCCCCCCC. The lowest BCUT2D eigenvalue weighted by Crippen LogP contribution is -2.60. The van der Waals surface area contributed by atoms with Crippen LogP contribution < -0.4 is 0 Å². The molecular weight excluding hydrogens is 716 g/mol. The van der Waals surface area contributed by atoms with E-state index in [-0.39, 0.29) is 26.1 Å². The minimum Gasteiger partial charge on any atom is -0.479 e. The second kappa shape index (κ2) is 35.8. The van der Waals surface area contributed by atoms with Gasteiger partial charge in [-0.2, -0.15) is 0 Å². The monoisotopic (exact) mass is 797 g/mol. The fourth-order valence-electron chi connectivity index (χ4n) is 6.73. The maximum atomic E-state index is 12.7. The molecule has 0 aromatic rings. The van der Waals surface area contributed by atoms with Crippen LogP contribution in [0.4, 0.5) is 0 Å². The van der Waals surface area contributed by atoms with Gasteiger partial charge in [0, 0.05) is 12.8 Å². The van der Waals surface area contributed by atoms with E-state index in [1.54, 1.807) is 0 Å². The highest BCUT2D eigenvalue weighted by Crippen LogP contribution is 2.23. The van der Waals surface area contributed by atoms with E-state index in [0.717, 1.165) is 51.4 Å². The van der Waals surface area contributed by atoms with E-state index in [1.165, 1.54) is 103 Å². The third kappa shape index (κ3) is 27.3. The third-order valence-electron chi connectivity index (χ3n) is 10.3. The maximum absolute atomic E-state index is 12.7. The Bertz CT molecular complexity index is 1030. The molecule has 1 aliphatic rings. The number of hydrogen-bond donors (Lipinski definition) is 4. The lowest BCUT2D eigenvalue weighted by atomic mass is 9.99. The maximum Gasteiger partial charge on any atom is 0.335 e. The molecule has 1 aliphatic heterocycles. The van der Waals surface area contributed by atoms with E-state index < -0.39 is 54.7 Å². The summed E-state index contributed by atoms with van der Waals surface area (Å²) in [6, 6.07) is 0. The second-order valence-corrected chi connectivity index (χ2v) is 15.5. The molecule has 1 fully saturated rings. The van der Waals surface area contributed by atoms with Gasteiger partial charge in [-0.25, -0.2) is 4.79 Å². The molecule has 11 heteroatoms. The number of carboxylic acid groups (broad SMARTS) is 1. The molecule has 0 saturated carbocycles. The molecule has 6 unspecified atom stereocenters. The van der Waals surface area contributed by atoms with Crippen LogP contribution in [0.5, 0.6) is 0 Å². The molecule has 0 aliphatic carbocycles. The molecule has 1 saturated heterocycles. The molecule has 11 nitrogen and oxygen atoms in total. The van der Waals surface area contributed by atoms with Crippen LogP contribution in [0.3, 0.4) is 0 Å². The minimum atomic E-state index is -1.86. The Labute approximate surface area is 339 Å². The van der Waals surface area contributed by atoms with E-state index in [0.29, 0.717) is 12.8 Å². The number of unbranched alkanes of at least 4 members (excludes halogenated alkanes) is 22. The van der Waals surface area contributed by atoms with E-state index >= 15 is 0 Å². The largest absolute Gasteiger partial charge is 0.479 e. The van der Waals surface area contributed by atoms with Crippen molar-refractivity contribution in [2.24, 2.45) is 0 Å². The highest BCUT2D eigenvalue weighted by atomic mass is 16.7. The summed E-state index contributed by atoms with van der Waals surface area (Å²) in [6.07, 6.45) is 29.4. The first-order valence-electron chi connectivity index (χ1n) is 22.4. The zero-order chi connectivity index (χ0) is 41.1.